The molecule has 0 amide bonds. The molecule has 1 atom stereocenters. The van der Waals surface area contributed by atoms with E-state index in [0.29, 0.717) is 6.42 Å². The Morgan fingerprint density at radius 2 is 2.19 bits per heavy atom. The number of unbranched alkanes of at least 4 members (excludes halogenated alkanes) is 1. The van der Waals surface area contributed by atoms with Crippen LogP contribution in [0.25, 0.3) is 0 Å². The Morgan fingerprint density at radius 1 is 1.52 bits per heavy atom. The van der Waals surface area contributed by atoms with E-state index in [4.69, 9.17) is 5.11 Å². The Balaban J connectivity index is 2.84. The number of halogens is 2. The molecular formula is C11H17F2N3O4S. The summed E-state index contributed by atoms with van der Waals surface area (Å²) in [4.78, 5) is 10.7. The number of alkyl halides is 2. The lowest BCUT2D eigenvalue weighted by Crippen LogP contribution is -2.40. The Labute approximate surface area is 121 Å². The van der Waals surface area contributed by atoms with Crippen LogP contribution in [0.4, 0.5) is 8.78 Å². The third-order valence-electron chi connectivity index (χ3n) is 2.69. The fourth-order valence-corrected chi connectivity index (χ4v) is 2.80. The molecule has 0 aliphatic heterocycles. The summed E-state index contributed by atoms with van der Waals surface area (Å²) in [5.74, 6) is -1.29. The topological polar surface area (TPSA) is 101 Å². The normalized spacial score (nSPS) is 13.5. The molecule has 21 heavy (non-hydrogen) atoms. The van der Waals surface area contributed by atoms with Crippen LogP contribution in [0.1, 0.15) is 26.2 Å². The van der Waals surface area contributed by atoms with Gasteiger partial charge in [-0.15, -0.1) is 0 Å². The summed E-state index contributed by atoms with van der Waals surface area (Å²) in [7, 11) is -4.11. The molecule has 7 nitrogen and oxygen atoms in total. The Morgan fingerprint density at radius 3 is 2.71 bits per heavy atom. The van der Waals surface area contributed by atoms with Gasteiger partial charge in [-0.05, 0) is 6.42 Å². The lowest BCUT2D eigenvalue weighted by Gasteiger charge is -2.13. The molecule has 10 heteroatoms. The van der Waals surface area contributed by atoms with Gasteiger partial charge in [-0.1, -0.05) is 19.8 Å². The van der Waals surface area contributed by atoms with Gasteiger partial charge in [0.1, 0.15) is 17.5 Å². The van der Waals surface area contributed by atoms with Crippen LogP contribution in [0.2, 0.25) is 0 Å². The molecule has 1 aromatic heterocycles. The van der Waals surface area contributed by atoms with Crippen molar-refractivity contribution in [1.82, 2.24) is 14.5 Å². The second-order valence-electron chi connectivity index (χ2n) is 4.44. The fourth-order valence-electron chi connectivity index (χ4n) is 1.62. The van der Waals surface area contributed by atoms with E-state index in [1.165, 1.54) is 0 Å². The van der Waals surface area contributed by atoms with Gasteiger partial charge in [-0.3, -0.25) is 9.48 Å². The quantitative estimate of drug-likeness (QED) is 0.707. The first-order valence-corrected chi connectivity index (χ1v) is 7.80. The highest BCUT2D eigenvalue weighted by molar-refractivity contribution is 7.89. The Bertz CT molecular complexity index is 574. The third-order valence-corrected chi connectivity index (χ3v) is 4.11. The highest BCUT2D eigenvalue weighted by Crippen LogP contribution is 2.11. The van der Waals surface area contributed by atoms with Gasteiger partial charge in [0.2, 0.25) is 10.0 Å². The number of carboxylic acid groups (broad SMARTS) is 1. The van der Waals surface area contributed by atoms with Crippen molar-refractivity contribution in [3.63, 3.8) is 0 Å². The fraction of sp³-hybridized carbons (Fsp3) is 0.636. The monoisotopic (exact) mass is 325 g/mol. The Hall–Kier alpha value is -1.55. The molecule has 0 saturated carbocycles. The number of aliphatic carboxylic acids is 1. The molecule has 1 heterocycles. The van der Waals surface area contributed by atoms with Crippen molar-refractivity contribution in [2.24, 2.45) is 0 Å². The summed E-state index contributed by atoms with van der Waals surface area (Å²) < 4.78 is 51.2. The van der Waals surface area contributed by atoms with Crippen molar-refractivity contribution >= 4 is 16.0 Å². The molecule has 1 unspecified atom stereocenters. The van der Waals surface area contributed by atoms with Crippen LogP contribution in [0.5, 0.6) is 0 Å². The maximum absolute atomic E-state index is 12.2. The molecular weight excluding hydrogens is 308 g/mol. The molecule has 0 fully saturated rings. The van der Waals surface area contributed by atoms with Crippen molar-refractivity contribution < 1.29 is 27.1 Å². The molecule has 1 rings (SSSR count). The molecule has 1 aromatic rings. The SMILES string of the molecule is CCCCC(NS(=O)(=O)c1cnn(CC(F)F)c1)C(=O)O. The lowest BCUT2D eigenvalue weighted by molar-refractivity contribution is -0.139. The molecule has 0 bridgehead atoms. The van der Waals surface area contributed by atoms with Gasteiger partial charge in [-0.25, -0.2) is 17.2 Å². The highest BCUT2D eigenvalue weighted by Gasteiger charge is 2.26. The standard InChI is InChI=1S/C11H17F2N3O4S/c1-2-3-4-9(11(17)18)15-21(19,20)8-5-14-16(6-8)7-10(12)13/h5-6,9-10,15H,2-4,7H2,1H3,(H,17,18). The predicted molar refractivity (Wildman–Crippen MR) is 69.5 cm³/mol. The summed E-state index contributed by atoms with van der Waals surface area (Å²) in [6.45, 7) is 1.12. The second-order valence-corrected chi connectivity index (χ2v) is 6.16. The minimum atomic E-state index is -4.11. The smallest absolute Gasteiger partial charge is 0.321 e. The van der Waals surface area contributed by atoms with Crippen molar-refractivity contribution in [1.29, 1.82) is 0 Å². The average Bonchev–Trinajstić information content (AvgIpc) is 2.82. The van der Waals surface area contributed by atoms with E-state index in [0.717, 1.165) is 23.5 Å². The molecule has 0 saturated heterocycles. The first-order chi connectivity index (χ1) is 9.76. The zero-order valence-corrected chi connectivity index (χ0v) is 12.2. The minimum absolute atomic E-state index is 0.149. The van der Waals surface area contributed by atoms with E-state index in [-0.39, 0.29) is 11.3 Å². The highest BCUT2D eigenvalue weighted by atomic mass is 32.2. The summed E-state index contributed by atoms with van der Waals surface area (Å²) in [6, 6.07) is -1.26. The van der Waals surface area contributed by atoms with Crippen LogP contribution in [0.15, 0.2) is 17.3 Å². The van der Waals surface area contributed by atoms with E-state index in [2.05, 4.69) is 5.10 Å². The van der Waals surface area contributed by atoms with Crippen molar-refractivity contribution in [2.75, 3.05) is 0 Å². The van der Waals surface area contributed by atoms with Gasteiger partial charge >= 0.3 is 5.97 Å². The van der Waals surface area contributed by atoms with Crippen molar-refractivity contribution in [3.05, 3.63) is 12.4 Å². The van der Waals surface area contributed by atoms with Crippen LogP contribution in [0, 0.1) is 0 Å². The van der Waals surface area contributed by atoms with Gasteiger partial charge in [0.25, 0.3) is 6.43 Å². The van der Waals surface area contributed by atoms with E-state index >= 15 is 0 Å². The van der Waals surface area contributed by atoms with E-state index in [1.54, 1.807) is 0 Å². The number of hydrogen-bond donors (Lipinski definition) is 2. The molecule has 0 aliphatic carbocycles. The molecule has 0 radical (unpaired) electrons. The lowest BCUT2D eigenvalue weighted by atomic mass is 10.1. The van der Waals surface area contributed by atoms with E-state index < -0.39 is 35.0 Å². The predicted octanol–water partition coefficient (Wildman–Crippen LogP) is 1.07. The van der Waals surface area contributed by atoms with Crippen LogP contribution in [-0.2, 0) is 21.4 Å². The molecule has 2 N–H and O–H groups in total. The molecule has 120 valence electrons. The number of nitrogens with one attached hydrogen (secondary N) is 1. The van der Waals surface area contributed by atoms with E-state index in [9.17, 15) is 22.0 Å². The number of aromatic nitrogens is 2. The van der Waals surface area contributed by atoms with Crippen LogP contribution < -0.4 is 4.72 Å². The number of sulfonamides is 1. The van der Waals surface area contributed by atoms with Gasteiger partial charge in [-0.2, -0.15) is 9.82 Å². The largest absolute Gasteiger partial charge is 0.480 e. The first-order valence-electron chi connectivity index (χ1n) is 6.32. The van der Waals surface area contributed by atoms with Crippen molar-refractivity contribution in [3.8, 4) is 0 Å². The van der Waals surface area contributed by atoms with Crippen LogP contribution in [0.3, 0.4) is 0 Å². The summed E-state index contributed by atoms with van der Waals surface area (Å²) in [5, 5.41) is 12.5. The zero-order valence-electron chi connectivity index (χ0n) is 11.4. The van der Waals surface area contributed by atoms with Crippen LogP contribution >= 0.6 is 0 Å². The summed E-state index contributed by atoms with van der Waals surface area (Å²) in [5.41, 5.74) is 0. The molecule has 0 aromatic carbocycles. The summed E-state index contributed by atoms with van der Waals surface area (Å²) in [6.07, 6.45) is 0.597. The zero-order chi connectivity index (χ0) is 16.0. The van der Waals surface area contributed by atoms with E-state index in [1.807, 2.05) is 11.6 Å². The summed E-state index contributed by atoms with van der Waals surface area (Å²) >= 11 is 0. The first kappa shape index (κ1) is 17.5. The van der Waals surface area contributed by atoms with Gasteiger partial charge in [0, 0.05) is 6.20 Å². The minimum Gasteiger partial charge on any atom is -0.480 e. The van der Waals surface area contributed by atoms with Gasteiger partial charge in [0.15, 0.2) is 0 Å². The molecule has 0 spiro atoms. The number of hydrogen-bond acceptors (Lipinski definition) is 4. The van der Waals surface area contributed by atoms with Gasteiger partial charge < -0.3 is 5.11 Å². The van der Waals surface area contributed by atoms with Gasteiger partial charge in [0.05, 0.1) is 6.20 Å². The number of carbonyl (C=O) groups is 1. The maximum atomic E-state index is 12.2. The maximum Gasteiger partial charge on any atom is 0.321 e. The average molecular weight is 325 g/mol. The Kier molecular flexibility index (Phi) is 6.21. The molecule has 0 aliphatic rings. The number of nitrogens with zero attached hydrogens (tertiary/aromatic N) is 2. The number of rotatable bonds is 9. The second kappa shape index (κ2) is 7.46. The van der Waals surface area contributed by atoms with Crippen molar-refractivity contribution in [2.45, 2.75) is 50.1 Å². The third kappa shape index (κ3) is 5.38. The van der Waals surface area contributed by atoms with Crippen LogP contribution in [-0.4, -0.2) is 41.7 Å². The number of carboxylic acids is 1.